The molecule has 0 aliphatic carbocycles. The third kappa shape index (κ3) is 3.90. The topological polar surface area (TPSA) is 72.0 Å². The standard InChI is InChI=1S/C11H17N3O2S.ClH/c1-9-2-7-13-11(14-9)17(15,16)8-10-3-5-12-6-4-10;/h2,7,10,12H,3-6,8H2,1H3;1H. The Labute approximate surface area is 114 Å². The van der Waals surface area contributed by atoms with Gasteiger partial charge in [0.1, 0.15) is 0 Å². The summed E-state index contributed by atoms with van der Waals surface area (Å²) in [5, 5.41) is 3.19. The lowest BCUT2D eigenvalue weighted by Gasteiger charge is -2.21. The molecule has 0 radical (unpaired) electrons. The minimum Gasteiger partial charge on any atom is -0.317 e. The second-order valence-corrected chi connectivity index (χ2v) is 6.38. The largest absolute Gasteiger partial charge is 0.317 e. The molecular formula is C11H18ClN3O2S. The van der Waals surface area contributed by atoms with Gasteiger partial charge in [0, 0.05) is 11.9 Å². The highest BCUT2D eigenvalue weighted by molar-refractivity contribution is 7.91. The van der Waals surface area contributed by atoms with Gasteiger partial charge in [0.15, 0.2) is 0 Å². The molecule has 5 nitrogen and oxygen atoms in total. The number of aryl methyl sites for hydroxylation is 1. The zero-order valence-corrected chi connectivity index (χ0v) is 11.9. The Morgan fingerprint density at radius 2 is 2.06 bits per heavy atom. The number of piperidine rings is 1. The summed E-state index contributed by atoms with van der Waals surface area (Å²) in [4.78, 5) is 7.86. The van der Waals surface area contributed by atoms with Crippen molar-refractivity contribution < 1.29 is 8.42 Å². The molecule has 1 fully saturated rings. The highest BCUT2D eigenvalue weighted by Gasteiger charge is 2.24. The maximum absolute atomic E-state index is 12.1. The van der Waals surface area contributed by atoms with E-state index in [9.17, 15) is 8.42 Å². The fourth-order valence-corrected chi connectivity index (χ4v) is 3.62. The quantitative estimate of drug-likeness (QED) is 0.841. The molecule has 0 atom stereocenters. The molecule has 1 aliphatic heterocycles. The van der Waals surface area contributed by atoms with Crippen molar-refractivity contribution >= 4 is 22.2 Å². The Morgan fingerprint density at radius 1 is 1.39 bits per heavy atom. The predicted octanol–water partition coefficient (Wildman–Crippen LogP) is 0.980. The number of sulfone groups is 1. The average Bonchev–Trinajstić information content (AvgIpc) is 2.30. The van der Waals surface area contributed by atoms with E-state index < -0.39 is 9.84 Å². The third-order valence-corrected chi connectivity index (χ3v) is 4.63. The monoisotopic (exact) mass is 291 g/mol. The van der Waals surface area contributed by atoms with Crippen molar-refractivity contribution in [2.24, 2.45) is 5.92 Å². The van der Waals surface area contributed by atoms with Crippen molar-refractivity contribution in [1.29, 1.82) is 0 Å². The first-order valence-electron chi connectivity index (χ1n) is 5.81. The van der Waals surface area contributed by atoms with Crippen molar-refractivity contribution in [1.82, 2.24) is 15.3 Å². The van der Waals surface area contributed by atoms with E-state index in [0.29, 0.717) is 5.69 Å². The molecule has 7 heteroatoms. The van der Waals surface area contributed by atoms with Crippen molar-refractivity contribution in [3.63, 3.8) is 0 Å². The molecule has 0 unspecified atom stereocenters. The molecule has 0 saturated carbocycles. The Bertz CT molecular complexity index is 487. The summed E-state index contributed by atoms with van der Waals surface area (Å²) >= 11 is 0. The number of halogens is 1. The minimum atomic E-state index is -3.33. The second kappa shape index (κ2) is 6.45. The van der Waals surface area contributed by atoms with Crippen molar-refractivity contribution in [3.8, 4) is 0 Å². The lowest BCUT2D eigenvalue weighted by atomic mass is 10.0. The van der Waals surface area contributed by atoms with E-state index >= 15 is 0 Å². The molecule has 0 bridgehead atoms. The summed E-state index contributed by atoms with van der Waals surface area (Å²) < 4.78 is 24.2. The number of nitrogens with one attached hydrogen (secondary N) is 1. The van der Waals surface area contributed by atoms with Gasteiger partial charge in [0.2, 0.25) is 15.0 Å². The van der Waals surface area contributed by atoms with Gasteiger partial charge < -0.3 is 5.32 Å². The Kier molecular flexibility index (Phi) is 5.49. The van der Waals surface area contributed by atoms with Gasteiger partial charge in [0.25, 0.3) is 0 Å². The number of rotatable bonds is 3. The molecule has 18 heavy (non-hydrogen) atoms. The van der Waals surface area contributed by atoms with E-state index in [2.05, 4.69) is 15.3 Å². The zero-order valence-electron chi connectivity index (χ0n) is 10.3. The highest BCUT2D eigenvalue weighted by Crippen LogP contribution is 2.17. The van der Waals surface area contributed by atoms with Crippen molar-refractivity contribution in [2.75, 3.05) is 18.8 Å². The van der Waals surface area contributed by atoms with Crippen LogP contribution in [0.2, 0.25) is 0 Å². The molecule has 2 heterocycles. The average molecular weight is 292 g/mol. The second-order valence-electron chi connectivity index (χ2n) is 4.46. The van der Waals surface area contributed by atoms with Crippen LogP contribution in [0.4, 0.5) is 0 Å². The van der Waals surface area contributed by atoms with Gasteiger partial charge >= 0.3 is 0 Å². The van der Waals surface area contributed by atoms with Gasteiger partial charge in [-0.3, -0.25) is 0 Å². The summed E-state index contributed by atoms with van der Waals surface area (Å²) in [6.45, 7) is 3.56. The van der Waals surface area contributed by atoms with Gasteiger partial charge in [-0.25, -0.2) is 18.4 Å². The Balaban J connectivity index is 0.00000162. The van der Waals surface area contributed by atoms with Crippen LogP contribution >= 0.6 is 12.4 Å². The van der Waals surface area contributed by atoms with Gasteiger partial charge in [-0.15, -0.1) is 12.4 Å². The number of nitrogens with zero attached hydrogens (tertiary/aromatic N) is 2. The summed E-state index contributed by atoms with van der Waals surface area (Å²) in [5.74, 6) is 0.392. The number of hydrogen-bond acceptors (Lipinski definition) is 5. The lowest BCUT2D eigenvalue weighted by molar-refractivity contribution is 0.400. The van der Waals surface area contributed by atoms with Crippen LogP contribution in [0.15, 0.2) is 17.4 Å². The first-order valence-corrected chi connectivity index (χ1v) is 7.46. The molecule has 1 saturated heterocycles. The smallest absolute Gasteiger partial charge is 0.247 e. The molecule has 0 amide bonds. The molecule has 1 aliphatic rings. The molecule has 1 N–H and O–H groups in total. The van der Waals surface area contributed by atoms with E-state index in [0.717, 1.165) is 25.9 Å². The van der Waals surface area contributed by atoms with Crippen LogP contribution < -0.4 is 5.32 Å². The molecule has 2 rings (SSSR count). The summed E-state index contributed by atoms with van der Waals surface area (Å²) in [6, 6.07) is 1.70. The normalized spacial score (nSPS) is 17.2. The van der Waals surface area contributed by atoms with Crippen LogP contribution in [0.25, 0.3) is 0 Å². The maximum Gasteiger partial charge on any atom is 0.247 e. The van der Waals surface area contributed by atoms with Crippen LogP contribution in [-0.4, -0.2) is 37.2 Å². The molecule has 0 spiro atoms. The first kappa shape index (κ1) is 15.3. The van der Waals surface area contributed by atoms with Crippen LogP contribution in [0.1, 0.15) is 18.5 Å². The third-order valence-electron chi connectivity index (χ3n) is 2.96. The molecule has 102 valence electrons. The van der Waals surface area contributed by atoms with Crippen LogP contribution in [0, 0.1) is 12.8 Å². The fourth-order valence-electron chi connectivity index (χ4n) is 2.01. The van der Waals surface area contributed by atoms with Gasteiger partial charge in [-0.1, -0.05) is 0 Å². The zero-order chi connectivity index (χ0) is 12.3. The highest BCUT2D eigenvalue weighted by atomic mass is 35.5. The van der Waals surface area contributed by atoms with E-state index in [4.69, 9.17) is 0 Å². The summed E-state index contributed by atoms with van der Waals surface area (Å²) in [7, 11) is -3.33. The van der Waals surface area contributed by atoms with Crippen LogP contribution in [-0.2, 0) is 9.84 Å². The number of aromatic nitrogens is 2. The lowest BCUT2D eigenvalue weighted by Crippen LogP contribution is -2.31. The van der Waals surface area contributed by atoms with Crippen molar-refractivity contribution in [2.45, 2.75) is 24.9 Å². The Hall–Kier alpha value is -0.720. The van der Waals surface area contributed by atoms with E-state index in [1.54, 1.807) is 13.0 Å². The molecular weight excluding hydrogens is 274 g/mol. The summed E-state index contributed by atoms with van der Waals surface area (Å²) in [5.41, 5.74) is 0.684. The van der Waals surface area contributed by atoms with Crippen molar-refractivity contribution in [3.05, 3.63) is 18.0 Å². The predicted molar refractivity (Wildman–Crippen MR) is 71.7 cm³/mol. The minimum absolute atomic E-state index is 0. The van der Waals surface area contributed by atoms with E-state index in [-0.39, 0.29) is 29.2 Å². The van der Waals surface area contributed by atoms with Gasteiger partial charge in [0.05, 0.1) is 5.75 Å². The van der Waals surface area contributed by atoms with Crippen LogP contribution in [0.5, 0.6) is 0 Å². The SMILES string of the molecule is Cc1ccnc(S(=O)(=O)CC2CCNCC2)n1.Cl. The van der Waals surface area contributed by atoms with Gasteiger partial charge in [-0.2, -0.15) is 0 Å². The molecule has 1 aromatic heterocycles. The fraction of sp³-hybridized carbons (Fsp3) is 0.636. The first-order chi connectivity index (χ1) is 8.08. The van der Waals surface area contributed by atoms with Crippen LogP contribution in [0.3, 0.4) is 0 Å². The number of hydrogen-bond donors (Lipinski definition) is 1. The maximum atomic E-state index is 12.1. The Morgan fingerprint density at radius 3 is 2.67 bits per heavy atom. The summed E-state index contributed by atoms with van der Waals surface area (Å²) in [6.07, 6.45) is 3.31. The van der Waals surface area contributed by atoms with Gasteiger partial charge in [-0.05, 0) is 44.8 Å². The molecule has 1 aromatic rings. The van der Waals surface area contributed by atoms with E-state index in [1.165, 1.54) is 6.20 Å². The molecule has 0 aromatic carbocycles. The van der Waals surface area contributed by atoms with E-state index in [1.807, 2.05) is 0 Å².